The third-order valence-electron chi connectivity index (χ3n) is 5.13. The summed E-state index contributed by atoms with van der Waals surface area (Å²) >= 11 is 1.60. The van der Waals surface area contributed by atoms with Gasteiger partial charge in [-0.15, -0.1) is 11.3 Å². The number of benzene rings is 2. The highest BCUT2D eigenvalue weighted by molar-refractivity contribution is 7.08. The predicted octanol–water partition coefficient (Wildman–Crippen LogP) is 4.74. The molecule has 0 spiro atoms. The van der Waals surface area contributed by atoms with Crippen LogP contribution in [0, 0.1) is 6.92 Å². The summed E-state index contributed by atoms with van der Waals surface area (Å²) in [7, 11) is 0. The Bertz CT molecular complexity index is 1200. The van der Waals surface area contributed by atoms with Crippen molar-refractivity contribution in [3.63, 3.8) is 0 Å². The van der Waals surface area contributed by atoms with Gasteiger partial charge in [0.1, 0.15) is 5.75 Å². The SMILES string of the molecule is Cc1cc(O)cc2c1CC(c1ccc3[nH]ncc3c1)=C2c1cscc1N. The smallest absolute Gasteiger partial charge is 0.116 e. The van der Waals surface area contributed by atoms with Crippen molar-refractivity contribution in [2.24, 2.45) is 0 Å². The molecule has 0 unspecified atom stereocenters. The molecule has 0 bridgehead atoms. The number of phenols is 1. The quantitative estimate of drug-likeness (QED) is 0.484. The molecule has 26 heavy (non-hydrogen) atoms. The zero-order valence-electron chi connectivity index (χ0n) is 14.2. The van der Waals surface area contributed by atoms with Crippen LogP contribution in [0.3, 0.4) is 0 Å². The Morgan fingerprint density at radius 1 is 1.15 bits per heavy atom. The van der Waals surface area contributed by atoms with Gasteiger partial charge < -0.3 is 10.8 Å². The van der Waals surface area contributed by atoms with Crippen molar-refractivity contribution < 1.29 is 5.11 Å². The lowest BCUT2D eigenvalue weighted by atomic mass is 9.94. The Kier molecular flexibility index (Phi) is 3.21. The Hall–Kier alpha value is -3.05. The number of aryl methyl sites for hydroxylation is 1. The molecule has 1 aliphatic carbocycles. The van der Waals surface area contributed by atoms with Crippen LogP contribution in [0.1, 0.15) is 27.8 Å². The van der Waals surface area contributed by atoms with Crippen LogP contribution in [0.15, 0.2) is 47.3 Å². The van der Waals surface area contributed by atoms with Crippen molar-refractivity contribution in [3.8, 4) is 5.75 Å². The fourth-order valence-corrected chi connectivity index (χ4v) is 4.61. The fraction of sp³-hybridized carbons (Fsp3) is 0.0952. The van der Waals surface area contributed by atoms with E-state index in [9.17, 15) is 5.11 Å². The van der Waals surface area contributed by atoms with E-state index in [2.05, 4.69) is 40.7 Å². The van der Waals surface area contributed by atoms with Gasteiger partial charge in [-0.2, -0.15) is 5.10 Å². The second-order valence-electron chi connectivity index (χ2n) is 6.73. The van der Waals surface area contributed by atoms with E-state index in [0.29, 0.717) is 5.75 Å². The van der Waals surface area contributed by atoms with Crippen LogP contribution in [0.5, 0.6) is 5.75 Å². The Morgan fingerprint density at radius 2 is 2.04 bits per heavy atom. The van der Waals surface area contributed by atoms with Crippen molar-refractivity contribution >= 4 is 39.1 Å². The van der Waals surface area contributed by atoms with Gasteiger partial charge >= 0.3 is 0 Å². The number of hydrogen-bond donors (Lipinski definition) is 3. The summed E-state index contributed by atoms with van der Waals surface area (Å²) < 4.78 is 0. The molecular weight excluding hydrogens is 342 g/mol. The molecule has 5 rings (SSSR count). The standard InChI is InChI=1S/C21H17N3OS/c1-11-4-14(25)6-17-15(11)7-16(21(17)18-9-26-10-19(18)22)12-2-3-20-13(5-12)8-23-24-20/h2-6,8-10,25H,7,22H2,1H3,(H,23,24). The van der Waals surface area contributed by atoms with Crippen molar-refractivity contribution in [1.82, 2.24) is 10.2 Å². The number of allylic oxidation sites excluding steroid dienone is 1. The number of aromatic nitrogens is 2. The number of nitrogens with one attached hydrogen (secondary N) is 1. The summed E-state index contributed by atoms with van der Waals surface area (Å²) in [5.74, 6) is 0.291. The molecule has 4 nitrogen and oxygen atoms in total. The van der Waals surface area contributed by atoms with Gasteiger partial charge in [-0.25, -0.2) is 0 Å². The van der Waals surface area contributed by atoms with Crippen molar-refractivity contribution in [2.45, 2.75) is 13.3 Å². The molecule has 0 fully saturated rings. The highest BCUT2D eigenvalue weighted by atomic mass is 32.1. The molecule has 4 N–H and O–H groups in total. The van der Waals surface area contributed by atoms with E-state index in [1.807, 2.05) is 23.7 Å². The summed E-state index contributed by atoms with van der Waals surface area (Å²) in [6.07, 6.45) is 2.67. The van der Waals surface area contributed by atoms with Crippen molar-refractivity contribution in [1.29, 1.82) is 0 Å². The van der Waals surface area contributed by atoms with Gasteiger partial charge in [0, 0.05) is 21.7 Å². The minimum atomic E-state index is 0.291. The average molecular weight is 359 g/mol. The van der Waals surface area contributed by atoms with Crippen LogP contribution in [0.2, 0.25) is 0 Å². The van der Waals surface area contributed by atoms with Crippen LogP contribution in [0.4, 0.5) is 5.69 Å². The highest BCUT2D eigenvalue weighted by Gasteiger charge is 2.27. The summed E-state index contributed by atoms with van der Waals surface area (Å²) in [6, 6.07) is 10.0. The topological polar surface area (TPSA) is 74.9 Å². The van der Waals surface area contributed by atoms with E-state index in [1.54, 1.807) is 11.3 Å². The highest BCUT2D eigenvalue weighted by Crippen LogP contribution is 2.47. The molecule has 128 valence electrons. The van der Waals surface area contributed by atoms with Crippen LogP contribution >= 0.6 is 11.3 Å². The molecule has 0 atom stereocenters. The second-order valence-corrected chi connectivity index (χ2v) is 7.48. The lowest BCUT2D eigenvalue weighted by molar-refractivity contribution is 0.474. The van der Waals surface area contributed by atoms with Gasteiger partial charge in [0.2, 0.25) is 0 Å². The number of phenolic OH excluding ortho intramolecular Hbond substituents is 1. The third kappa shape index (κ3) is 2.17. The van der Waals surface area contributed by atoms with Crippen molar-refractivity contribution in [3.05, 3.63) is 75.1 Å². The first-order chi connectivity index (χ1) is 12.6. The van der Waals surface area contributed by atoms with Crippen LogP contribution in [0.25, 0.3) is 22.0 Å². The van der Waals surface area contributed by atoms with Crippen LogP contribution in [-0.2, 0) is 6.42 Å². The number of nitrogen functional groups attached to an aromatic ring is 1. The van der Waals surface area contributed by atoms with Gasteiger partial charge in [0.05, 0.1) is 17.4 Å². The van der Waals surface area contributed by atoms with Crippen LogP contribution in [-0.4, -0.2) is 15.3 Å². The monoisotopic (exact) mass is 359 g/mol. The van der Waals surface area contributed by atoms with Crippen molar-refractivity contribution in [2.75, 3.05) is 5.73 Å². The molecule has 0 saturated carbocycles. The van der Waals surface area contributed by atoms with E-state index in [-0.39, 0.29) is 0 Å². The van der Waals surface area contributed by atoms with Gasteiger partial charge in [0.15, 0.2) is 0 Å². The number of aromatic amines is 1. The summed E-state index contributed by atoms with van der Waals surface area (Å²) in [5, 5.41) is 22.4. The molecule has 1 aliphatic rings. The molecule has 0 amide bonds. The average Bonchev–Trinajstić information content (AvgIpc) is 3.31. The number of thiophene rings is 1. The summed E-state index contributed by atoms with van der Waals surface area (Å²) in [5.41, 5.74) is 16.1. The van der Waals surface area contributed by atoms with E-state index >= 15 is 0 Å². The number of nitrogens with two attached hydrogens (primary N) is 1. The first-order valence-electron chi connectivity index (χ1n) is 8.43. The largest absolute Gasteiger partial charge is 0.508 e. The molecule has 0 aliphatic heterocycles. The zero-order chi connectivity index (χ0) is 17.8. The van der Waals surface area contributed by atoms with E-state index in [4.69, 9.17) is 5.73 Å². The lowest BCUT2D eigenvalue weighted by Gasteiger charge is -2.10. The lowest BCUT2D eigenvalue weighted by Crippen LogP contribution is -1.93. The molecular formula is C21H17N3OS. The van der Waals surface area contributed by atoms with Crippen LogP contribution < -0.4 is 5.73 Å². The van der Waals surface area contributed by atoms with Gasteiger partial charge in [0.25, 0.3) is 0 Å². The Balaban J connectivity index is 1.81. The minimum Gasteiger partial charge on any atom is -0.508 e. The number of anilines is 1. The van der Waals surface area contributed by atoms with E-state index < -0.39 is 0 Å². The number of rotatable bonds is 2. The number of H-pyrrole nitrogens is 1. The number of nitrogens with zero attached hydrogens (tertiary/aromatic N) is 1. The number of fused-ring (bicyclic) bond motifs is 2. The minimum absolute atomic E-state index is 0.291. The Morgan fingerprint density at radius 3 is 2.85 bits per heavy atom. The first kappa shape index (κ1) is 15.2. The Labute approximate surface area is 154 Å². The molecule has 0 radical (unpaired) electrons. The second kappa shape index (κ2) is 5.47. The molecule has 2 aromatic carbocycles. The molecule has 5 heteroatoms. The fourth-order valence-electron chi connectivity index (χ4n) is 3.88. The maximum absolute atomic E-state index is 10.2. The molecule has 2 heterocycles. The molecule has 4 aromatic rings. The van der Waals surface area contributed by atoms with Gasteiger partial charge in [-0.3, -0.25) is 5.10 Å². The first-order valence-corrected chi connectivity index (χ1v) is 9.37. The number of hydrogen-bond acceptors (Lipinski definition) is 4. The predicted molar refractivity (Wildman–Crippen MR) is 107 cm³/mol. The maximum Gasteiger partial charge on any atom is 0.116 e. The normalized spacial score (nSPS) is 13.6. The molecule has 0 saturated heterocycles. The molecule has 2 aromatic heterocycles. The van der Waals surface area contributed by atoms with E-state index in [0.717, 1.165) is 50.8 Å². The number of aromatic hydroxyl groups is 1. The third-order valence-corrected chi connectivity index (χ3v) is 5.89. The summed E-state index contributed by atoms with van der Waals surface area (Å²) in [6.45, 7) is 2.05. The zero-order valence-corrected chi connectivity index (χ0v) is 15.0. The van der Waals surface area contributed by atoms with E-state index in [1.165, 1.54) is 11.1 Å². The van der Waals surface area contributed by atoms with Gasteiger partial charge in [-0.1, -0.05) is 6.07 Å². The van der Waals surface area contributed by atoms with Gasteiger partial charge in [-0.05, 0) is 71.0 Å². The maximum atomic E-state index is 10.2. The summed E-state index contributed by atoms with van der Waals surface area (Å²) in [4.78, 5) is 0.